The topological polar surface area (TPSA) is 62.5 Å². The Morgan fingerprint density at radius 1 is 1.19 bits per heavy atom. The van der Waals surface area contributed by atoms with Gasteiger partial charge in [-0.25, -0.2) is 0 Å². The fourth-order valence-electron chi connectivity index (χ4n) is 5.24. The van der Waals surface area contributed by atoms with E-state index in [0.29, 0.717) is 11.8 Å². The first-order valence-electron chi connectivity index (χ1n) is 10.2. The van der Waals surface area contributed by atoms with E-state index in [0.717, 1.165) is 44.7 Å². The number of nitrogens with zero attached hydrogens (tertiary/aromatic N) is 4. The summed E-state index contributed by atoms with van der Waals surface area (Å²) >= 11 is 0. The van der Waals surface area contributed by atoms with Crippen LogP contribution < -0.4 is 0 Å². The zero-order valence-corrected chi connectivity index (χ0v) is 16.6. The third-order valence-corrected chi connectivity index (χ3v) is 6.81. The van der Waals surface area contributed by atoms with E-state index in [1.165, 1.54) is 19.3 Å². The summed E-state index contributed by atoms with van der Waals surface area (Å²) < 4.78 is 5.41. The summed E-state index contributed by atoms with van der Waals surface area (Å²) in [6, 6.07) is 0.203. The summed E-state index contributed by atoms with van der Waals surface area (Å²) in [5.41, 5.74) is 0.0856. The first kappa shape index (κ1) is 18.0. The summed E-state index contributed by atoms with van der Waals surface area (Å²) in [7, 11) is 2.14. The number of hydrogen-bond acceptors (Lipinski definition) is 5. The second-order valence-corrected chi connectivity index (χ2v) is 9.56. The first-order chi connectivity index (χ1) is 12.3. The second kappa shape index (κ2) is 6.32. The number of hydrogen-bond donors (Lipinski definition) is 0. The molecule has 2 saturated heterocycles. The van der Waals surface area contributed by atoms with Crippen LogP contribution in [0.5, 0.6) is 0 Å². The molecular formula is C20H32N4O2. The summed E-state index contributed by atoms with van der Waals surface area (Å²) in [4.78, 5) is 22.1. The van der Waals surface area contributed by atoms with Gasteiger partial charge in [-0.3, -0.25) is 9.69 Å². The molecule has 1 unspecified atom stereocenters. The van der Waals surface area contributed by atoms with Crippen molar-refractivity contribution in [1.29, 1.82) is 0 Å². The van der Waals surface area contributed by atoms with Crippen LogP contribution in [0.3, 0.4) is 0 Å². The largest absolute Gasteiger partial charge is 0.341 e. The van der Waals surface area contributed by atoms with Gasteiger partial charge in [-0.2, -0.15) is 4.98 Å². The molecule has 0 bridgehead atoms. The fourth-order valence-corrected chi connectivity index (χ4v) is 5.24. The van der Waals surface area contributed by atoms with Gasteiger partial charge in [0.1, 0.15) is 0 Å². The molecule has 6 nitrogen and oxygen atoms in total. The van der Waals surface area contributed by atoms with Crippen LogP contribution in [0.15, 0.2) is 4.52 Å². The van der Waals surface area contributed by atoms with Gasteiger partial charge in [-0.1, -0.05) is 45.2 Å². The van der Waals surface area contributed by atoms with Crippen LogP contribution in [-0.4, -0.2) is 52.5 Å². The van der Waals surface area contributed by atoms with E-state index in [-0.39, 0.29) is 22.8 Å². The van der Waals surface area contributed by atoms with E-state index >= 15 is 0 Å². The predicted octanol–water partition coefficient (Wildman–Crippen LogP) is 3.37. The molecule has 1 amide bonds. The zero-order valence-electron chi connectivity index (χ0n) is 16.6. The first-order valence-corrected chi connectivity index (χ1v) is 10.2. The van der Waals surface area contributed by atoms with Gasteiger partial charge in [0.15, 0.2) is 5.82 Å². The SMILES string of the molecule is CC(C)c1nc(C2CC3(CN(C(=O)C4(C)CCCCC4)C3)CN2C)no1. The van der Waals surface area contributed by atoms with Crippen molar-refractivity contribution in [2.75, 3.05) is 26.7 Å². The monoisotopic (exact) mass is 360 g/mol. The maximum absolute atomic E-state index is 13.0. The highest BCUT2D eigenvalue weighted by molar-refractivity contribution is 5.83. The Kier molecular flexibility index (Phi) is 4.37. The fraction of sp³-hybridized carbons (Fsp3) is 0.850. The van der Waals surface area contributed by atoms with E-state index in [4.69, 9.17) is 4.52 Å². The lowest BCUT2D eigenvalue weighted by Gasteiger charge is -2.51. The van der Waals surface area contributed by atoms with Gasteiger partial charge in [0.2, 0.25) is 11.8 Å². The summed E-state index contributed by atoms with van der Waals surface area (Å²) in [6.07, 6.45) is 6.80. The van der Waals surface area contributed by atoms with E-state index in [2.05, 4.69) is 47.8 Å². The van der Waals surface area contributed by atoms with Gasteiger partial charge in [-0.15, -0.1) is 0 Å². The average Bonchev–Trinajstić information content (AvgIpc) is 3.18. The minimum atomic E-state index is -0.121. The van der Waals surface area contributed by atoms with E-state index < -0.39 is 0 Å². The standard InChI is InChI=1S/C20H32N4O2/c1-14(2)17-21-16(22-26-17)15-10-20(11-23(15)4)12-24(13-20)18(25)19(3)8-6-5-7-9-19/h14-15H,5-13H2,1-4H3. The van der Waals surface area contributed by atoms with Crippen LogP contribution in [0, 0.1) is 10.8 Å². The lowest BCUT2D eigenvalue weighted by Crippen LogP contribution is -2.62. The maximum atomic E-state index is 13.0. The lowest BCUT2D eigenvalue weighted by atomic mass is 9.71. The number of carbonyl (C=O) groups excluding carboxylic acids is 1. The molecule has 4 rings (SSSR count). The highest BCUT2D eigenvalue weighted by Crippen LogP contribution is 2.49. The molecule has 1 aromatic heterocycles. The van der Waals surface area contributed by atoms with Crippen LogP contribution in [0.25, 0.3) is 0 Å². The Balaban J connectivity index is 1.40. The molecule has 1 saturated carbocycles. The number of aromatic nitrogens is 2. The molecule has 6 heteroatoms. The van der Waals surface area contributed by atoms with Gasteiger partial charge in [0, 0.05) is 36.4 Å². The molecule has 144 valence electrons. The van der Waals surface area contributed by atoms with Crippen LogP contribution >= 0.6 is 0 Å². The number of amides is 1. The van der Waals surface area contributed by atoms with Crippen LogP contribution in [0.4, 0.5) is 0 Å². The van der Waals surface area contributed by atoms with Crippen molar-refractivity contribution in [3.8, 4) is 0 Å². The lowest BCUT2D eigenvalue weighted by molar-refractivity contribution is -0.155. The highest BCUT2D eigenvalue weighted by Gasteiger charge is 2.55. The summed E-state index contributed by atoms with van der Waals surface area (Å²) in [6.45, 7) is 9.09. The molecular weight excluding hydrogens is 328 g/mol. The molecule has 3 aliphatic rings. The van der Waals surface area contributed by atoms with Gasteiger partial charge < -0.3 is 9.42 Å². The Labute approximate surface area is 156 Å². The van der Waals surface area contributed by atoms with Crippen molar-refractivity contribution >= 4 is 5.91 Å². The van der Waals surface area contributed by atoms with Crippen LogP contribution in [0.1, 0.15) is 83.0 Å². The average molecular weight is 361 g/mol. The van der Waals surface area contributed by atoms with Crippen molar-refractivity contribution in [1.82, 2.24) is 19.9 Å². The Bertz CT molecular complexity index is 671. The molecule has 1 atom stereocenters. The number of carbonyl (C=O) groups is 1. The Hall–Kier alpha value is -1.43. The van der Waals surface area contributed by atoms with E-state index in [1.807, 2.05) is 0 Å². The minimum absolute atomic E-state index is 0.121. The Morgan fingerprint density at radius 3 is 2.50 bits per heavy atom. The van der Waals surface area contributed by atoms with Crippen LogP contribution in [0.2, 0.25) is 0 Å². The molecule has 2 aliphatic heterocycles. The van der Waals surface area contributed by atoms with Crippen molar-refractivity contribution in [2.45, 2.75) is 71.3 Å². The molecule has 0 radical (unpaired) electrons. The number of rotatable bonds is 3. The maximum Gasteiger partial charge on any atom is 0.229 e. The quantitative estimate of drug-likeness (QED) is 0.827. The molecule has 1 spiro atoms. The third kappa shape index (κ3) is 2.96. The third-order valence-electron chi connectivity index (χ3n) is 6.81. The smallest absolute Gasteiger partial charge is 0.229 e. The van der Waals surface area contributed by atoms with E-state index in [9.17, 15) is 4.79 Å². The van der Waals surface area contributed by atoms with Gasteiger partial charge in [-0.05, 0) is 26.3 Å². The zero-order chi connectivity index (χ0) is 18.5. The molecule has 1 aliphatic carbocycles. The minimum Gasteiger partial charge on any atom is -0.341 e. The van der Waals surface area contributed by atoms with Gasteiger partial charge >= 0.3 is 0 Å². The number of likely N-dealkylation sites (tertiary alicyclic amines) is 2. The Morgan fingerprint density at radius 2 is 1.88 bits per heavy atom. The van der Waals surface area contributed by atoms with Crippen molar-refractivity contribution in [2.24, 2.45) is 10.8 Å². The van der Waals surface area contributed by atoms with E-state index in [1.54, 1.807) is 0 Å². The van der Waals surface area contributed by atoms with Crippen LogP contribution in [-0.2, 0) is 4.79 Å². The molecule has 0 N–H and O–H groups in total. The van der Waals surface area contributed by atoms with Gasteiger partial charge in [0.05, 0.1) is 6.04 Å². The van der Waals surface area contributed by atoms with Crippen molar-refractivity contribution in [3.63, 3.8) is 0 Å². The molecule has 3 heterocycles. The predicted molar refractivity (Wildman–Crippen MR) is 98.6 cm³/mol. The van der Waals surface area contributed by atoms with Gasteiger partial charge in [0.25, 0.3) is 0 Å². The normalized spacial score (nSPS) is 27.9. The van der Waals surface area contributed by atoms with Crippen molar-refractivity contribution in [3.05, 3.63) is 11.7 Å². The molecule has 26 heavy (non-hydrogen) atoms. The summed E-state index contributed by atoms with van der Waals surface area (Å²) in [5, 5.41) is 4.22. The highest BCUT2D eigenvalue weighted by atomic mass is 16.5. The molecule has 0 aromatic carbocycles. The molecule has 3 fully saturated rings. The van der Waals surface area contributed by atoms with Crippen molar-refractivity contribution < 1.29 is 9.32 Å². The summed E-state index contributed by atoms with van der Waals surface area (Å²) in [5.74, 6) is 2.16. The second-order valence-electron chi connectivity index (χ2n) is 9.56. The molecule has 1 aromatic rings.